The minimum Gasteiger partial charge on any atom is -0.469 e. The van der Waals surface area contributed by atoms with Gasteiger partial charge in [0.25, 0.3) is 0 Å². The third-order valence-electron chi connectivity index (χ3n) is 1.88. The Labute approximate surface area is 64.5 Å². The number of hydrogen-bond donors (Lipinski definition) is 0. The number of carbonyl (C=O) groups excluding carboxylic acids is 2. The third-order valence-corrected chi connectivity index (χ3v) is 1.88. The first-order valence-corrected chi connectivity index (χ1v) is 3.41. The smallest absolute Gasteiger partial charge is 0.313 e. The summed E-state index contributed by atoms with van der Waals surface area (Å²) in [4.78, 5) is 21.7. The predicted molar refractivity (Wildman–Crippen MR) is 35.6 cm³/mol. The maximum absolute atomic E-state index is 10.9. The van der Waals surface area contributed by atoms with Crippen molar-refractivity contribution in [3.05, 3.63) is 0 Å². The molecule has 1 heterocycles. The van der Waals surface area contributed by atoms with Crippen LogP contribution in [0.4, 0.5) is 0 Å². The summed E-state index contributed by atoms with van der Waals surface area (Å²) in [6.07, 6.45) is 0. The number of esters is 2. The molecule has 0 aromatic heterocycles. The van der Waals surface area contributed by atoms with Crippen LogP contribution in [-0.2, 0) is 19.1 Å². The fourth-order valence-electron chi connectivity index (χ4n) is 1.04. The summed E-state index contributed by atoms with van der Waals surface area (Å²) in [5, 5.41) is 0. The number of carbonyl (C=O) groups is 2. The molecule has 0 unspecified atom stereocenters. The van der Waals surface area contributed by atoms with Crippen molar-refractivity contribution >= 4 is 11.9 Å². The quantitative estimate of drug-likeness (QED) is 0.503. The molecule has 62 valence electrons. The van der Waals surface area contributed by atoms with Crippen LogP contribution in [0.1, 0.15) is 6.92 Å². The van der Waals surface area contributed by atoms with Crippen molar-refractivity contribution in [3.63, 3.8) is 0 Å². The van der Waals surface area contributed by atoms with E-state index in [1.165, 1.54) is 7.11 Å². The zero-order valence-electron chi connectivity index (χ0n) is 6.49. The Morgan fingerprint density at radius 3 is 2.73 bits per heavy atom. The van der Waals surface area contributed by atoms with Crippen molar-refractivity contribution in [1.82, 2.24) is 0 Å². The lowest BCUT2D eigenvalue weighted by molar-refractivity contribution is -0.147. The second-order valence-corrected chi connectivity index (χ2v) is 2.55. The first-order valence-electron chi connectivity index (χ1n) is 3.41. The summed E-state index contributed by atoms with van der Waals surface area (Å²) in [6.45, 7) is 1.82. The Morgan fingerprint density at radius 1 is 1.73 bits per heavy atom. The number of cyclic esters (lactones) is 1. The maximum Gasteiger partial charge on any atom is 0.313 e. The summed E-state index contributed by atoms with van der Waals surface area (Å²) in [5.74, 6) is -1.46. The van der Waals surface area contributed by atoms with E-state index in [0.717, 1.165) is 0 Å². The molecule has 0 bridgehead atoms. The average Bonchev–Trinajstić information content (AvgIpc) is 2.32. The molecular weight excluding hydrogens is 148 g/mol. The van der Waals surface area contributed by atoms with Crippen molar-refractivity contribution in [3.8, 4) is 0 Å². The second kappa shape index (κ2) is 2.90. The van der Waals surface area contributed by atoms with E-state index >= 15 is 0 Å². The largest absolute Gasteiger partial charge is 0.469 e. The van der Waals surface area contributed by atoms with E-state index in [-0.39, 0.29) is 24.5 Å². The average molecular weight is 158 g/mol. The van der Waals surface area contributed by atoms with Crippen LogP contribution >= 0.6 is 0 Å². The van der Waals surface area contributed by atoms with E-state index in [4.69, 9.17) is 0 Å². The minimum atomic E-state index is -0.410. The molecule has 11 heavy (non-hydrogen) atoms. The lowest BCUT2D eigenvalue weighted by Crippen LogP contribution is -2.22. The van der Waals surface area contributed by atoms with Crippen molar-refractivity contribution in [2.45, 2.75) is 6.92 Å². The van der Waals surface area contributed by atoms with E-state index in [0.29, 0.717) is 0 Å². The van der Waals surface area contributed by atoms with Gasteiger partial charge in [-0.25, -0.2) is 0 Å². The highest BCUT2D eigenvalue weighted by molar-refractivity contribution is 5.84. The van der Waals surface area contributed by atoms with Gasteiger partial charge in [-0.05, 0) is 0 Å². The molecule has 0 amide bonds. The van der Waals surface area contributed by atoms with Crippen LogP contribution in [0, 0.1) is 11.8 Å². The van der Waals surface area contributed by atoms with E-state index in [9.17, 15) is 9.59 Å². The zero-order chi connectivity index (χ0) is 8.43. The normalized spacial score (nSPS) is 29.8. The van der Waals surface area contributed by atoms with Crippen molar-refractivity contribution < 1.29 is 19.1 Å². The lowest BCUT2D eigenvalue weighted by Gasteiger charge is -2.06. The molecule has 1 aliphatic rings. The fraction of sp³-hybridized carbons (Fsp3) is 0.714. The van der Waals surface area contributed by atoms with E-state index in [1.54, 1.807) is 6.92 Å². The van der Waals surface area contributed by atoms with Gasteiger partial charge in [0.2, 0.25) is 0 Å². The molecule has 1 aliphatic heterocycles. The van der Waals surface area contributed by atoms with Gasteiger partial charge in [0.15, 0.2) is 0 Å². The summed E-state index contributed by atoms with van der Waals surface area (Å²) >= 11 is 0. The van der Waals surface area contributed by atoms with Crippen LogP contribution in [-0.4, -0.2) is 25.7 Å². The molecule has 0 aromatic carbocycles. The van der Waals surface area contributed by atoms with Crippen LogP contribution in [0.15, 0.2) is 0 Å². The molecule has 2 atom stereocenters. The molecule has 1 rings (SSSR count). The van der Waals surface area contributed by atoms with Gasteiger partial charge in [-0.2, -0.15) is 0 Å². The van der Waals surface area contributed by atoms with Crippen LogP contribution in [0.5, 0.6) is 0 Å². The highest BCUT2D eigenvalue weighted by Crippen LogP contribution is 2.22. The monoisotopic (exact) mass is 158 g/mol. The fourth-order valence-corrected chi connectivity index (χ4v) is 1.04. The molecule has 0 spiro atoms. The van der Waals surface area contributed by atoms with Crippen molar-refractivity contribution in [2.75, 3.05) is 13.7 Å². The first kappa shape index (κ1) is 8.04. The van der Waals surface area contributed by atoms with Crippen LogP contribution in [0.3, 0.4) is 0 Å². The molecule has 1 fully saturated rings. The second-order valence-electron chi connectivity index (χ2n) is 2.55. The van der Waals surface area contributed by atoms with Gasteiger partial charge in [-0.15, -0.1) is 0 Å². The number of hydrogen-bond acceptors (Lipinski definition) is 4. The molecule has 0 radical (unpaired) electrons. The van der Waals surface area contributed by atoms with Gasteiger partial charge in [0, 0.05) is 0 Å². The van der Waals surface area contributed by atoms with Gasteiger partial charge in [-0.3, -0.25) is 9.59 Å². The number of rotatable bonds is 1. The highest BCUT2D eigenvalue weighted by atomic mass is 16.6. The van der Waals surface area contributed by atoms with E-state index in [2.05, 4.69) is 9.47 Å². The molecule has 4 heteroatoms. The zero-order valence-corrected chi connectivity index (χ0v) is 6.49. The molecule has 0 aromatic rings. The lowest BCUT2D eigenvalue weighted by atomic mass is 9.98. The van der Waals surface area contributed by atoms with E-state index < -0.39 is 5.92 Å². The van der Waals surface area contributed by atoms with Crippen molar-refractivity contribution in [2.24, 2.45) is 11.8 Å². The standard InChI is InChI=1S/C7H10O4/c1-4-5(7(9)10-2)3-11-6(4)8/h4-5H,3H2,1-2H3/t4-,5+/m0/s1. The molecule has 0 saturated carbocycles. The molecule has 0 N–H and O–H groups in total. The topological polar surface area (TPSA) is 52.6 Å². The Morgan fingerprint density at radius 2 is 2.36 bits per heavy atom. The molecular formula is C7H10O4. The maximum atomic E-state index is 10.9. The predicted octanol–water partition coefficient (Wildman–Crippen LogP) is -0.0315. The molecule has 0 aliphatic carbocycles. The summed E-state index contributed by atoms with van der Waals surface area (Å²) in [6, 6.07) is 0. The Hall–Kier alpha value is -1.06. The van der Waals surface area contributed by atoms with Gasteiger partial charge in [0.1, 0.15) is 12.5 Å². The molecule has 4 nitrogen and oxygen atoms in total. The number of methoxy groups -OCH3 is 1. The SMILES string of the molecule is COC(=O)[C@@H]1COC(=O)[C@H]1C. The Bertz CT molecular complexity index is 187. The van der Waals surface area contributed by atoms with Gasteiger partial charge in [0.05, 0.1) is 13.0 Å². The highest BCUT2D eigenvalue weighted by Gasteiger charge is 2.38. The third kappa shape index (κ3) is 1.34. The summed E-state index contributed by atoms with van der Waals surface area (Å²) in [7, 11) is 1.30. The van der Waals surface area contributed by atoms with Gasteiger partial charge >= 0.3 is 11.9 Å². The Balaban J connectivity index is 2.61. The summed E-state index contributed by atoms with van der Waals surface area (Å²) in [5.41, 5.74) is 0. The minimum absolute atomic E-state index is 0.159. The number of ether oxygens (including phenoxy) is 2. The van der Waals surface area contributed by atoms with Gasteiger partial charge < -0.3 is 9.47 Å². The van der Waals surface area contributed by atoms with E-state index in [1.807, 2.05) is 0 Å². The van der Waals surface area contributed by atoms with Crippen molar-refractivity contribution in [1.29, 1.82) is 0 Å². The van der Waals surface area contributed by atoms with Crippen LogP contribution < -0.4 is 0 Å². The summed E-state index contributed by atoms with van der Waals surface area (Å²) < 4.78 is 9.14. The first-order chi connectivity index (χ1) is 5.16. The molecule has 1 saturated heterocycles. The Kier molecular flexibility index (Phi) is 2.12. The van der Waals surface area contributed by atoms with Crippen LogP contribution in [0.25, 0.3) is 0 Å². The van der Waals surface area contributed by atoms with Crippen LogP contribution in [0.2, 0.25) is 0 Å². The van der Waals surface area contributed by atoms with Gasteiger partial charge in [-0.1, -0.05) is 6.92 Å².